The predicted octanol–water partition coefficient (Wildman–Crippen LogP) is 2.86. The van der Waals surface area contributed by atoms with Crippen LogP contribution in [0.25, 0.3) is 11.2 Å². The van der Waals surface area contributed by atoms with Crippen LogP contribution in [0.15, 0.2) is 12.1 Å². The highest BCUT2D eigenvalue weighted by Crippen LogP contribution is 2.38. The van der Waals surface area contributed by atoms with Crippen LogP contribution in [0, 0.1) is 0 Å². The average Bonchev–Trinajstić information content (AvgIpc) is 2.52. The predicted molar refractivity (Wildman–Crippen MR) is 68.9 cm³/mol. The number of anilines is 1. The maximum atomic E-state index is 5.77. The fraction of sp³-hybridized carbons (Fsp3) is 0.538. The molecule has 0 unspecified atom stereocenters. The number of hydrogen-bond donors (Lipinski definition) is 1. The fourth-order valence-corrected chi connectivity index (χ4v) is 2.47. The van der Waals surface area contributed by atoms with Crippen LogP contribution in [-0.2, 0) is 0 Å². The second-order valence-corrected chi connectivity index (χ2v) is 5.14. The zero-order chi connectivity index (χ0) is 12.0. The summed E-state index contributed by atoms with van der Waals surface area (Å²) in [5, 5.41) is 0. The molecule has 2 aromatic heterocycles. The topological polar surface area (TPSA) is 56.7 Å². The molecule has 0 aliphatic heterocycles. The lowest BCUT2D eigenvalue weighted by Crippen LogP contribution is -2.17. The van der Waals surface area contributed by atoms with Crippen LogP contribution in [0.3, 0.4) is 0 Å². The first-order valence-corrected chi connectivity index (χ1v) is 6.31. The molecule has 0 saturated heterocycles. The Morgan fingerprint density at radius 3 is 2.65 bits per heavy atom. The molecular weight excluding hydrogens is 212 g/mol. The molecular formula is C13H18N4. The van der Waals surface area contributed by atoms with Crippen molar-refractivity contribution in [2.75, 3.05) is 5.73 Å². The number of pyridine rings is 1. The van der Waals surface area contributed by atoms with Crippen molar-refractivity contribution < 1.29 is 0 Å². The minimum Gasteiger partial charge on any atom is -0.384 e. The smallest absolute Gasteiger partial charge is 0.162 e. The van der Waals surface area contributed by atoms with Gasteiger partial charge in [0.05, 0.1) is 0 Å². The third-order valence-electron chi connectivity index (χ3n) is 3.57. The molecule has 0 aromatic carbocycles. The largest absolute Gasteiger partial charge is 0.384 e. The molecule has 0 atom stereocenters. The van der Waals surface area contributed by atoms with E-state index >= 15 is 0 Å². The van der Waals surface area contributed by atoms with Crippen molar-refractivity contribution in [3.8, 4) is 0 Å². The lowest BCUT2D eigenvalue weighted by atomic mass is 9.84. The van der Waals surface area contributed by atoms with E-state index in [0.29, 0.717) is 17.8 Å². The first kappa shape index (κ1) is 10.6. The maximum Gasteiger partial charge on any atom is 0.162 e. The summed E-state index contributed by atoms with van der Waals surface area (Å²) in [5.74, 6) is 2.38. The van der Waals surface area contributed by atoms with Gasteiger partial charge in [0.25, 0.3) is 0 Å². The van der Waals surface area contributed by atoms with Gasteiger partial charge in [-0.15, -0.1) is 0 Å². The number of imidazole rings is 1. The minimum absolute atomic E-state index is 0.380. The van der Waals surface area contributed by atoms with Crippen molar-refractivity contribution in [2.45, 2.75) is 45.1 Å². The molecule has 17 heavy (non-hydrogen) atoms. The van der Waals surface area contributed by atoms with E-state index in [2.05, 4.69) is 23.4 Å². The molecule has 0 spiro atoms. The zero-order valence-electron chi connectivity index (χ0n) is 10.3. The van der Waals surface area contributed by atoms with Crippen molar-refractivity contribution in [2.24, 2.45) is 0 Å². The van der Waals surface area contributed by atoms with Gasteiger partial charge in [0.2, 0.25) is 0 Å². The number of nitrogens with zero attached hydrogens (tertiary/aromatic N) is 3. The molecule has 0 amide bonds. The Hall–Kier alpha value is -1.58. The summed E-state index contributed by atoms with van der Waals surface area (Å²) in [4.78, 5) is 9.18. The van der Waals surface area contributed by atoms with Gasteiger partial charge in [0, 0.05) is 12.0 Å². The van der Waals surface area contributed by atoms with E-state index in [9.17, 15) is 0 Å². The van der Waals surface area contributed by atoms with Gasteiger partial charge in [-0.25, -0.2) is 9.97 Å². The van der Waals surface area contributed by atoms with E-state index in [1.807, 2.05) is 12.1 Å². The second-order valence-electron chi connectivity index (χ2n) is 5.14. The van der Waals surface area contributed by atoms with Crippen LogP contribution in [0.2, 0.25) is 0 Å². The molecule has 0 bridgehead atoms. The highest BCUT2D eigenvalue weighted by atomic mass is 15.2. The number of aromatic nitrogens is 3. The molecule has 90 valence electrons. The van der Waals surface area contributed by atoms with Gasteiger partial charge in [-0.2, -0.15) is 0 Å². The Kier molecular flexibility index (Phi) is 2.31. The first-order valence-electron chi connectivity index (χ1n) is 6.31. The molecule has 2 heterocycles. The number of nitrogen functional groups attached to an aromatic ring is 1. The summed E-state index contributed by atoms with van der Waals surface area (Å²) >= 11 is 0. The number of hydrogen-bond acceptors (Lipinski definition) is 3. The van der Waals surface area contributed by atoms with Gasteiger partial charge < -0.3 is 10.3 Å². The standard InChI is InChI=1S/C13H18N4/c1-8(2)17-12(9-4-3-5-9)15-10-6-7-11(14)16-13(10)17/h6-9H,3-5H2,1-2H3,(H2,14,16). The highest BCUT2D eigenvalue weighted by Gasteiger charge is 2.27. The lowest BCUT2D eigenvalue weighted by Gasteiger charge is -2.26. The second kappa shape index (κ2) is 3.72. The van der Waals surface area contributed by atoms with Gasteiger partial charge in [0.15, 0.2) is 5.65 Å². The van der Waals surface area contributed by atoms with Crippen molar-refractivity contribution in [3.63, 3.8) is 0 Å². The molecule has 0 radical (unpaired) electrons. The van der Waals surface area contributed by atoms with E-state index in [4.69, 9.17) is 10.7 Å². The third kappa shape index (κ3) is 1.59. The van der Waals surface area contributed by atoms with E-state index in [1.165, 1.54) is 25.1 Å². The van der Waals surface area contributed by atoms with Gasteiger partial charge in [-0.05, 0) is 38.8 Å². The summed E-state index contributed by atoms with van der Waals surface area (Å²) in [6.45, 7) is 4.35. The van der Waals surface area contributed by atoms with Crippen LogP contribution in [0.4, 0.5) is 5.82 Å². The number of nitrogens with two attached hydrogens (primary N) is 1. The van der Waals surface area contributed by atoms with Gasteiger partial charge in [-0.1, -0.05) is 6.42 Å². The summed E-state index contributed by atoms with van der Waals surface area (Å²) < 4.78 is 2.25. The maximum absolute atomic E-state index is 5.77. The SMILES string of the molecule is CC(C)n1c(C2CCC2)nc2ccc(N)nc21. The Morgan fingerprint density at radius 2 is 2.06 bits per heavy atom. The van der Waals surface area contributed by atoms with E-state index in [1.54, 1.807) is 0 Å². The van der Waals surface area contributed by atoms with Crippen molar-refractivity contribution in [3.05, 3.63) is 18.0 Å². The van der Waals surface area contributed by atoms with Gasteiger partial charge in [-0.3, -0.25) is 0 Å². The molecule has 4 nitrogen and oxygen atoms in total. The highest BCUT2D eigenvalue weighted by molar-refractivity contribution is 5.74. The Labute approximate surface area is 101 Å². The fourth-order valence-electron chi connectivity index (χ4n) is 2.47. The quantitative estimate of drug-likeness (QED) is 0.863. The monoisotopic (exact) mass is 230 g/mol. The molecule has 4 heteroatoms. The molecule has 2 N–H and O–H groups in total. The Morgan fingerprint density at radius 1 is 1.29 bits per heavy atom. The van der Waals surface area contributed by atoms with Crippen LogP contribution in [-0.4, -0.2) is 14.5 Å². The molecule has 1 saturated carbocycles. The zero-order valence-corrected chi connectivity index (χ0v) is 10.3. The van der Waals surface area contributed by atoms with Gasteiger partial charge in [0.1, 0.15) is 17.2 Å². The first-order chi connectivity index (χ1) is 8.16. The minimum atomic E-state index is 0.380. The van der Waals surface area contributed by atoms with Crippen molar-refractivity contribution in [1.82, 2.24) is 14.5 Å². The van der Waals surface area contributed by atoms with Gasteiger partial charge >= 0.3 is 0 Å². The van der Waals surface area contributed by atoms with E-state index in [0.717, 1.165) is 11.2 Å². The number of fused-ring (bicyclic) bond motifs is 1. The number of rotatable bonds is 2. The summed E-state index contributed by atoms with van der Waals surface area (Å²) in [5.41, 5.74) is 7.67. The van der Waals surface area contributed by atoms with E-state index in [-0.39, 0.29) is 0 Å². The summed E-state index contributed by atoms with van der Waals surface area (Å²) in [7, 11) is 0. The summed E-state index contributed by atoms with van der Waals surface area (Å²) in [6, 6.07) is 4.17. The molecule has 1 aliphatic carbocycles. The van der Waals surface area contributed by atoms with Crippen LogP contribution < -0.4 is 5.73 Å². The van der Waals surface area contributed by atoms with Crippen molar-refractivity contribution >= 4 is 17.0 Å². The Bertz CT molecular complexity index is 552. The normalized spacial score (nSPS) is 16.6. The lowest BCUT2D eigenvalue weighted by molar-refractivity contribution is 0.381. The van der Waals surface area contributed by atoms with E-state index < -0.39 is 0 Å². The molecule has 3 rings (SSSR count). The van der Waals surface area contributed by atoms with Crippen LogP contribution in [0.1, 0.15) is 50.9 Å². The Balaban J connectivity index is 2.23. The molecule has 1 aliphatic rings. The average molecular weight is 230 g/mol. The van der Waals surface area contributed by atoms with Crippen LogP contribution >= 0.6 is 0 Å². The molecule has 2 aromatic rings. The molecule has 1 fully saturated rings. The van der Waals surface area contributed by atoms with Crippen molar-refractivity contribution in [1.29, 1.82) is 0 Å². The van der Waals surface area contributed by atoms with Crippen LogP contribution in [0.5, 0.6) is 0 Å². The summed E-state index contributed by atoms with van der Waals surface area (Å²) in [6.07, 6.45) is 3.83. The third-order valence-corrected chi connectivity index (χ3v) is 3.57.